The molecule has 0 aromatic heterocycles. The van der Waals surface area contributed by atoms with Gasteiger partial charge in [0.2, 0.25) is 0 Å². The first-order chi connectivity index (χ1) is 10.0. The molecule has 3 atom stereocenters. The maximum atomic E-state index is 11.9. The number of carboxylic acid groups (broad SMARTS) is 1. The number of rotatable bonds is 4. The van der Waals surface area contributed by atoms with Crippen molar-refractivity contribution in [2.24, 2.45) is 5.92 Å². The van der Waals surface area contributed by atoms with E-state index in [1.54, 1.807) is 0 Å². The lowest BCUT2D eigenvalue weighted by Gasteiger charge is -2.31. The van der Waals surface area contributed by atoms with E-state index in [4.69, 9.17) is 9.84 Å². The van der Waals surface area contributed by atoms with Gasteiger partial charge >= 0.3 is 12.0 Å². The Morgan fingerprint density at radius 1 is 1.38 bits per heavy atom. The third kappa shape index (κ3) is 5.17. The van der Waals surface area contributed by atoms with Crippen LogP contribution in [0.2, 0.25) is 0 Å². The number of carboxylic acids is 1. The topological polar surface area (TPSA) is 90.9 Å². The smallest absolute Gasteiger partial charge is 0.315 e. The summed E-state index contributed by atoms with van der Waals surface area (Å²) < 4.78 is 5.58. The van der Waals surface area contributed by atoms with Gasteiger partial charge in [-0.2, -0.15) is 0 Å². The standard InChI is InChI=1S/C14H25N3O4/c1-17-5-6-21-12(9-17)8-15-14(20)16-11-4-2-3-10(7-11)13(18)19/h10-12H,2-9H2,1H3,(H,18,19)(H2,15,16,20). The molecule has 0 spiro atoms. The first-order valence-corrected chi connectivity index (χ1v) is 7.62. The zero-order valence-corrected chi connectivity index (χ0v) is 12.5. The molecule has 7 heteroatoms. The third-order valence-electron chi connectivity index (χ3n) is 4.19. The molecule has 1 aliphatic heterocycles. The summed E-state index contributed by atoms with van der Waals surface area (Å²) in [4.78, 5) is 25.0. The van der Waals surface area contributed by atoms with Gasteiger partial charge in [0.1, 0.15) is 0 Å². The van der Waals surface area contributed by atoms with Crippen LogP contribution in [0.5, 0.6) is 0 Å². The molecule has 7 nitrogen and oxygen atoms in total. The van der Waals surface area contributed by atoms with Crippen molar-refractivity contribution in [1.29, 1.82) is 0 Å². The van der Waals surface area contributed by atoms with Crippen LogP contribution in [0.3, 0.4) is 0 Å². The predicted molar refractivity (Wildman–Crippen MR) is 77.2 cm³/mol. The number of likely N-dealkylation sites (N-methyl/N-ethyl adjacent to an activating group) is 1. The Labute approximate surface area is 125 Å². The molecule has 0 aromatic carbocycles. The van der Waals surface area contributed by atoms with Gasteiger partial charge in [0.05, 0.1) is 18.6 Å². The minimum Gasteiger partial charge on any atom is -0.481 e. The highest BCUT2D eigenvalue weighted by Gasteiger charge is 2.28. The van der Waals surface area contributed by atoms with Crippen molar-refractivity contribution in [1.82, 2.24) is 15.5 Å². The number of hydrogen-bond acceptors (Lipinski definition) is 4. The van der Waals surface area contributed by atoms with Crippen LogP contribution in [0.25, 0.3) is 0 Å². The van der Waals surface area contributed by atoms with E-state index in [0.717, 1.165) is 25.9 Å². The molecule has 2 rings (SSSR count). The summed E-state index contributed by atoms with van der Waals surface area (Å²) in [6.45, 7) is 2.89. The summed E-state index contributed by atoms with van der Waals surface area (Å²) in [5.74, 6) is -1.10. The summed E-state index contributed by atoms with van der Waals surface area (Å²) in [5.41, 5.74) is 0. The van der Waals surface area contributed by atoms with E-state index >= 15 is 0 Å². The van der Waals surface area contributed by atoms with Gasteiger partial charge in [-0.1, -0.05) is 6.42 Å². The van der Waals surface area contributed by atoms with E-state index in [-0.39, 0.29) is 24.1 Å². The quantitative estimate of drug-likeness (QED) is 0.693. The second-order valence-electron chi connectivity index (χ2n) is 6.01. The monoisotopic (exact) mass is 299 g/mol. The normalized spacial score (nSPS) is 30.6. The van der Waals surface area contributed by atoms with Gasteiger partial charge in [-0.3, -0.25) is 4.79 Å². The zero-order chi connectivity index (χ0) is 15.2. The molecular weight excluding hydrogens is 274 g/mol. The van der Waals surface area contributed by atoms with Crippen LogP contribution < -0.4 is 10.6 Å². The highest BCUT2D eigenvalue weighted by Crippen LogP contribution is 2.24. The minimum absolute atomic E-state index is 0.0209. The SMILES string of the molecule is CN1CCOC(CNC(=O)NC2CCCC(C(=O)O)C2)C1. The van der Waals surface area contributed by atoms with Gasteiger partial charge in [0.15, 0.2) is 0 Å². The van der Waals surface area contributed by atoms with E-state index in [9.17, 15) is 9.59 Å². The Kier molecular flexibility index (Phi) is 5.81. The van der Waals surface area contributed by atoms with Gasteiger partial charge in [-0.05, 0) is 26.3 Å². The van der Waals surface area contributed by atoms with E-state index in [0.29, 0.717) is 26.0 Å². The van der Waals surface area contributed by atoms with Crippen molar-refractivity contribution in [2.45, 2.75) is 37.8 Å². The molecule has 1 aliphatic carbocycles. The molecule has 120 valence electrons. The average Bonchev–Trinajstić information content (AvgIpc) is 2.45. The van der Waals surface area contributed by atoms with Crippen LogP contribution in [0.15, 0.2) is 0 Å². The minimum atomic E-state index is -0.763. The van der Waals surface area contributed by atoms with Crippen LogP contribution in [0.1, 0.15) is 25.7 Å². The summed E-state index contributed by atoms with van der Waals surface area (Å²) in [7, 11) is 2.03. The molecule has 1 heterocycles. The number of nitrogens with one attached hydrogen (secondary N) is 2. The van der Waals surface area contributed by atoms with Crippen LogP contribution in [-0.2, 0) is 9.53 Å². The molecule has 3 N–H and O–H groups in total. The Morgan fingerprint density at radius 3 is 2.90 bits per heavy atom. The second-order valence-corrected chi connectivity index (χ2v) is 6.01. The Bertz CT molecular complexity index is 377. The van der Waals surface area contributed by atoms with E-state index < -0.39 is 5.97 Å². The van der Waals surface area contributed by atoms with Crippen molar-refractivity contribution in [3.05, 3.63) is 0 Å². The van der Waals surface area contributed by atoms with Crippen LogP contribution in [0.4, 0.5) is 4.79 Å². The molecule has 0 radical (unpaired) electrons. The van der Waals surface area contributed by atoms with Gasteiger partial charge < -0.3 is 25.4 Å². The fourth-order valence-corrected chi connectivity index (χ4v) is 2.98. The zero-order valence-electron chi connectivity index (χ0n) is 12.5. The third-order valence-corrected chi connectivity index (χ3v) is 4.19. The Morgan fingerprint density at radius 2 is 2.19 bits per heavy atom. The van der Waals surface area contributed by atoms with E-state index in [1.807, 2.05) is 7.05 Å². The van der Waals surface area contributed by atoms with Crippen molar-refractivity contribution < 1.29 is 19.4 Å². The lowest BCUT2D eigenvalue weighted by Crippen LogP contribution is -2.50. The maximum absolute atomic E-state index is 11.9. The summed E-state index contributed by atoms with van der Waals surface area (Å²) in [5, 5.41) is 14.7. The molecule has 0 aromatic rings. The van der Waals surface area contributed by atoms with E-state index in [1.165, 1.54) is 0 Å². The lowest BCUT2D eigenvalue weighted by molar-refractivity contribution is -0.143. The molecule has 0 bridgehead atoms. The molecule has 3 unspecified atom stereocenters. The number of ether oxygens (including phenoxy) is 1. The molecule has 1 saturated carbocycles. The Hall–Kier alpha value is -1.34. The summed E-state index contributed by atoms with van der Waals surface area (Å²) >= 11 is 0. The van der Waals surface area contributed by atoms with E-state index in [2.05, 4.69) is 15.5 Å². The largest absolute Gasteiger partial charge is 0.481 e. The van der Waals surface area contributed by atoms with Crippen molar-refractivity contribution in [3.63, 3.8) is 0 Å². The number of carbonyl (C=O) groups excluding carboxylic acids is 1. The lowest BCUT2D eigenvalue weighted by atomic mass is 9.86. The summed E-state index contributed by atoms with van der Waals surface area (Å²) in [6.07, 6.45) is 2.94. The highest BCUT2D eigenvalue weighted by atomic mass is 16.5. The first-order valence-electron chi connectivity index (χ1n) is 7.62. The fraction of sp³-hybridized carbons (Fsp3) is 0.857. The van der Waals surface area contributed by atoms with Crippen LogP contribution in [-0.4, -0.2) is 67.4 Å². The number of morpholine rings is 1. The van der Waals surface area contributed by atoms with Crippen molar-refractivity contribution in [3.8, 4) is 0 Å². The van der Waals surface area contributed by atoms with Crippen molar-refractivity contribution >= 4 is 12.0 Å². The van der Waals surface area contributed by atoms with Gasteiger partial charge in [-0.25, -0.2) is 4.79 Å². The fourth-order valence-electron chi connectivity index (χ4n) is 2.98. The predicted octanol–water partition coefficient (Wildman–Crippen LogP) is 0.260. The molecule has 2 fully saturated rings. The summed E-state index contributed by atoms with van der Waals surface area (Å²) in [6, 6.07) is -0.280. The first kappa shape index (κ1) is 16.0. The van der Waals surface area contributed by atoms with Gasteiger partial charge in [0, 0.05) is 25.7 Å². The second kappa shape index (κ2) is 7.61. The van der Waals surface area contributed by atoms with Gasteiger partial charge in [0.25, 0.3) is 0 Å². The molecule has 21 heavy (non-hydrogen) atoms. The molecule has 1 saturated heterocycles. The van der Waals surface area contributed by atoms with Crippen LogP contribution >= 0.6 is 0 Å². The van der Waals surface area contributed by atoms with Crippen molar-refractivity contribution in [2.75, 3.05) is 33.3 Å². The number of urea groups is 1. The number of hydrogen-bond donors (Lipinski definition) is 3. The number of carbonyl (C=O) groups is 2. The number of aliphatic carboxylic acids is 1. The highest BCUT2D eigenvalue weighted by molar-refractivity contribution is 5.74. The Balaban J connectivity index is 1.68. The average molecular weight is 299 g/mol. The molecular formula is C14H25N3O4. The molecule has 2 aliphatic rings. The molecule has 2 amide bonds. The van der Waals surface area contributed by atoms with Crippen LogP contribution in [0, 0.1) is 5.92 Å². The number of nitrogens with zero attached hydrogens (tertiary/aromatic N) is 1. The maximum Gasteiger partial charge on any atom is 0.315 e. The van der Waals surface area contributed by atoms with Gasteiger partial charge in [-0.15, -0.1) is 0 Å². The number of amides is 2.